The van der Waals surface area contributed by atoms with E-state index in [1.165, 1.54) is 0 Å². The van der Waals surface area contributed by atoms with Crippen molar-refractivity contribution < 1.29 is 0 Å². The molecule has 0 aromatic carbocycles. The number of hydrogen-bond acceptors (Lipinski definition) is 3. The standard InChI is InChI=1S/C11H7ClIN3/c12-11-10(9(13)3-6-15-11)16-7-8-1-4-14-5-2-8/h1-7H. The molecule has 0 fully saturated rings. The van der Waals surface area contributed by atoms with Crippen LogP contribution in [0.2, 0.25) is 5.15 Å². The first-order valence-electron chi connectivity index (χ1n) is 4.51. The van der Waals surface area contributed by atoms with Gasteiger partial charge in [0.2, 0.25) is 0 Å². The molecule has 16 heavy (non-hydrogen) atoms. The monoisotopic (exact) mass is 343 g/mol. The number of nitrogens with zero attached hydrogens (tertiary/aromatic N) is 3. The predicted octanol–water partition coefficient (Wildman–Crippen LogP) is 3.49. The molecule has 0 aliphatic carbocycles. The van der Waals surface area contributed by atoms with Crippen molar-refractivity contribution in [2.45, 2.75) is 0 Å². The number of hydrogen-bond donors (Lipinski definition) is 0. The molecule has 2 aromatic rings. The highest BCUT2D eigenvalue weighted by Crippen LogP contribution is 2.27. The third-order valence-electron chi connectivity index (χ3n) is 1.88. The summed E-state index contributed by atoms with van der Waals surface area (Å²) >= 11 is 8.13. The Morgan fingerprint density at radius 2 is 1.94 bits per heavy atom. The van der Waals surface area contributed by atoms with Crippen molar-refractivity contribution >= 4 is 46.1 Å². The number of rotatable bonds is 2. The van der Waals surface area contributed by atoms with Gasteiger partial charge in [-0.2, -0.15) is 0 Å². The molecule has 0 aliphatic heterocycles. The van der Waals surface area contributed by atoms with E-state index in [0.717, 1.165) is 9.13 Å². The second-order valence-corrected chi connectivity index (χ2v) is 4.49. The Hall–Kier alpha value is -1.01. The molecule has 0 aliphatic rings. The molecule has 0 bridgehead atoms. The Balaban J connectivity index is 2.31. The minimum absolute atomic E-state index is 0.414. The van der Waals surface area contributed by atoms with E-state index < -0.39 is 0 Å². The minimum Gasteiger partial charge on any atom is -0.265 e. The van der Waals surface area contributed by atoms with Crippen LogP contribution in [0, 0.1) is 3.57 Å². The first-order valence-corrected chi connectivity index (χ1v) is 5.97. The van der Waals surface area contributed by atoms with E-state index in [1.54, 1.807) is 24.8 Å². The van der Waals surface area contributed by atoms with Crippen LogP contribution in [0.5, 0.6) is 0 Å². The highest BCUT2D eigenvalue weighted by molar-refractivity contribution is 14.1. The first-order chi connectivity index (χ1) is 7.77. The van der Waals surface area contributed by atoms with Crippen molar-refractivity contribution in [1.29, 1.82) is 0 Å². The van der Waals surface area contributed by atoms with Crippen LogP contribution in [0.4, 0.5) is 5.69 Å². The van der Waals surface area contributed by atoms with E-state index in [1.807, 2.05) is 18.2 Å². The third kappa shape index (κ3) is 2.76. The fourth-order valence-electron chi connectivity index (χ4n) is 1.11. The quantitative estimate of drug-likeness (QED) is 0.476. The summed E-state index contributed by atoms with van der Waals surface area (Å²) < 4.78 is 0.975. The lowest BCUT2D eigenvalue weighted by atomic mass is 10.3. The molecule has 2 aromatic heterocycles. The lowest BCUT2D eigenvalue weighted by Gasteiger charge is -1.99. The maximum absolute atomic E-state index is 5.95. The molecule has 0 atom stereocenters. The van der Waals surface area contributed by atoms with Crippen molar-refractivity contribution in [1.82, 2.24) is 9.97 Å². The van der Waals surface area contributed by atoms with Gasteiger partial charge in [0.05, 0.1) is 0 Å². The van der Waals surface area contributed by atoms with E-state index in [-0.39, 0.29) is 0 Å². The number of aliphatic imine (C=N–C) groups is 1. The molecule has 0 N–H and O–H groups in total. The van der Waals surface area contributed by atoms with Crippen molar-refractivity contribution in [2.75, 3.05) is 0 Å². The molecule has 0 saturated heterocycles. The van der Waals surface area contributed by atoms with Crippen LogP contribution in [-0.4, -0.2) is 16.2 Å². The summed E-state index contributed by atoms with van der Waals surface area (Å²) in [5, 5.41) is 0.414. The Kier molecular flexibility index (Phi) is 3.84. The van der Waals surface area contributed by atoms with Gasteiger partial charge >= 0.3 is 0 Å². The molecule has 2 rings (SSSR count). The van der Waals surface area contributed by atoms with Crippen molar-refractivity contribution in [2.24, 2.45) is 4.99 Å². The second kappa shape index (κ2) is 5.36. The van der Waals surface area contributed by atoms with E-state index in [4.69, 9.17) is 11.6 Å². The first kappa shape index (κ1) is 11.5. The lowest BCUT2D eigenvalue weighted by molar-refractivity contribution is 1.29. The average Bonchev–Trinajstić information content (AvgIpc) is 2.30. The molecule has 5 heteroatoms. The topological polar surface area (TPSA) is 38.1 Å². The zero-order valence-electron chi connectivity index (χ0n) is 8.14. The predicted molar refractivity (Wildman–Crippen MR) is 73.5 cm³/mol. The van der Waals surface area contributed by atoms with Crippen LogP contribution in [0.25, 0.3) is 0 Å². The van der Waals surface area contributed by atoms with Gasteiger partial charge in [-0.05, 0) is 46.4 Å². The second-order valence-electron chi connectivity index (χ2n) is 2.97. The lowest BCUT2D eigenvalue weighted by Crippen LogP contribution is -1.83. The Morgan fingerprint density at radius 1 is 1.19 bits per heavy atom. The summed E-state index contributed by atoms with van der Waals surface area (Å²) in [5.41, 5.74) is 1.67. The van der Waals surface area contributed by atoms with E-state index in [2.05, 4.69) is 37.6 Å². The highest BCUT2D eigenvalue weighted by Gasteiger charge is 2.03. The molecule has 3 nitrogen and oxygen atoms in total. The molecule has 0 radical (unpaired) electrons. The Labute approximate surface area is 112 Å². The van der Waals surface area contributed by atoms with Crippen LogP contribution in [0.1, 0.15) is 5.56 Å². The molecular formula is C11H7ClIN3. The summed E-state index contributed by atoms with van der Waals surface area (Å²) in [5.74, 6) is 0. The van der Waals surface area contributed by atoms with Crippen LogP contribution in [0.3, 0.4) is 0 Å². The zero-order chi connectivity index (χ0) is 11.4. The average molecular weight is 344 g/mol. The van der Waals surface area contributed by atoms with E-state index in [0.29, 0.717) is 10.8 Å². The zero-order valence-corrected chi connectivity index (χ0v) is 11.1. The molecule has 0 saturated carbocycles. The van der Waals surface area contributed by atoms with Crippen molar-refractivity contribution in [3.63, 3.8) is 0 Å². The van der Waals surface area contributed by atoms with E-state index >= 15 is 0 Å². The van der Waals surface area contributed by atoms with Crippen molar-refractivity contribution in [3.8, 4) is 0 Å². The fourth-order valence-corrected chi connectivity index (χ4v) is 2.03. The molecule has 2 heterocycles. The summed E-state index contributed by atoms with van der Waals surface area (Å²) in [7, 11) is 0. The summed E-state index contributed by atoms with van der Waals surface area (Å²) in [6.07, 6.45) is 6.84. The number of pyridine rings is 2. The molecule has 0 spiro atoms. The van der Waals surface area contributed by atoms with Gasteiger partial charge in [0.1, 0.15) is 5.69 Å². The van der Waals surface area contributed by atoms with Crippen LogP contribution < -0.4 is 0 Å². The van der Waals surface area contributed by atoms with Gasteiger partial charge in [-0.1, -0.05) is 11.6 Å². The SMILES string of the molecule is Clc1nccc(I)c1N=Cc1ccncc1. The molecule has 0 unspecified atom stereocenters. The fraction of sp³-hybridized carbons (Fsp3) is 0. The normalized spacial score (nSPS) is 10.9. The Morgan fingerprint density at radius 3 is 2.62 bits per heavy atom. The van der Waals surface area contributed by atoms with Gasteiger partial charge < -0.3 is 0 Å². The van der Waals surface area contributed by atoms with Gasteiger partial charge in [0.25, 0.3) is 0 Å². The smallest absolute Gasteiger partial charge is 0.155 e. The van der Waals surface area contributed by atoms with Gasteiger partial charge in [0.15, 0.2) is 5.15 Å². The van der Waals surface area contributed by atoms with Gasteiger partial charge in [-0.3, -0.25) is 9.98 Å². The molecule has 80 valence electrons. The van der Waals surface area contributed by atoms with Crippen LogP contribution in [-0.2, 0) is 0 Å². The van der Waals surface area contributed by atoms with Crippen LogP contribution in [0.15, 0.2) is 41.8 Å². The third-order valence-corrected chi connectivity index (χ3v) is 3.03. The largest absolute Gasteiger partial charge is 0.265 e. The van der Waals surface area contributed by atoms with Crippen LogP contribution >= 0.6 is 34.2 Å². The number of aromatic nitrogens is 2. The molecular weight excluding hydrogens is 336 g/mol. The number of halogens is 2. The summed E-state index contributed by atoms with van der Waals surface area (Å²) in [6.45, 7) is 0. The van der Waals surface area contributed by atoms with Gasteiger partial charge in [0, 0.05) is 28.4 Å². The molecule has 0 amide bonds. The minimum atomic E-state index is 0.414. The highest BCUT2D eigenvalue weighted by atomic mass is 127. The maximum atomic E-state index is 5.95. The van der Waals surface area contributed by atoms with Crippen molar-refractivity contribution in [3.05, 3.63) is 51.1 Å². The van der Waals surface area contributed by atoms with E-state index in [9.17, 15) is 0 Å². The summed E-state index contributed by atoms with van der Waals surface area (Å²) in [4.78, 5) is 12.2. The summed E-state index contributed by atoms with van der Waals surface area (Å²) in [6, 6.07) is 5.62. The Bertz CT molecular complexity index is 494. The van der Waals surface area contributed by atoms with Gasteiger partial charge in [-0.25, -0.2) is 4.98 Å². The van der Waals surface area contributed by atoms with Gasteiger partial charge in [-0.15, -0.1) is 0 Å². The maximum Gasteiger partial charge on any atom is 0.155 e.